The Balaban J connectivity index is 5.10. The lowest BCUT2D eigenvalue weighted by Gasteiger charge is -2.27. The van der Waals surface area contributed by atoms with Crippen molar-refractivity contribution >= 4 is 29.7 Å². The summed E-state index contributed by atoms with van der Waals surface area (Å²) in [5.74, 6) is -4.88. The molecule has 0 spiro atoms. The van der Waals surface area contributed by atoms with Gasteiger partial charge >= 0.3 is 11.9 Å². The lowest BCUT2D eigenvalue weighted by atomic mass is 9.97. The number of nitrogens with two attached hydrogens (primary N) is 1. The van der Waals surface area contributed by atoms with Gasteiger partial charge in [-0.25, -0.2) is 4.79 Å². The fourth-order valence-electron chi connectivity index (χ4n) is 2.53. The molecule has 0 aliphatic rings. The number of carboxylic acids is 2. The molecule has 0 saturated carbocycles. The lowest BCUT2D eigenvalue weighted by molar-refractivity contribution is -0.143. The summed E-state index contributed by atoms with van der Waals surface area (Å²) in [4.78, 5) is 59.1. The van der Waals surface area contributed by atoms with E-state index in [9.17, 15) is 29.1 Å². The third kappa shape index (κ3) is 9.21. The molecule has 172 valence electrons. The molecule has 11 nitrogen and oxygen atoms in total. The SMILES string of the molecule is CCC(C)C(NC(=O)C(N)CCC(=O)O)C(=O)NC(C)C(=O)NC(C(=O)O)C(C)C. The van der Waals surface area contributed by atoms with Gasteiger partial charge in [-0.2, -0.15) is 0 Å². The van der Waals surface area contributed by atoms with Crippen LogP contribution in [0.15, 0.2) is 0 Å². The molecular formula is C19H34N4O7. The van der Waals surface area contributed by atoms with Crippen molar-refractivity contribution in [3.63, 3.8) is 0 Å². The number of carbonyl (C=O) groups is 5. The van der Waals surface area contributed by atoms with Gasteiger partial charge < -0.3 is 31.9 Å². The number of carbonyl (C=O) groups excluding carboxylic acids is 3. The summed E-state index contributed by atoms with van der Waals surface area (Å²) in [6, 6.07) is -4.23. The number of hydrogen-bond donors (Lipinski definition) is 6. The monoisotopic (exact) mass is 430 g/mol. The van der Waals surface area contributed by atoms with Crippen molar-refractivity contribution in [2.24, 2.45) is 17.6 Å². The zero-order valence-electron chi connectivity index (χ0n) is 18.1. The zero-order valence-corrected chi connectivity index (χ0v) is 18.1. The molecule has 0 rings (SSSR count). The van der Waals surface area contributed by atoms with Gasteiger partial charge in [-0.05, 0) is 25.2 Å². The Labute approximate surface area is 176 Å². The van der Waals surface area contributed by atoms with Gasteiger partial charge in [0.15, 0.2) is 0 Å². The Bertz CT molecular complexity index is 638. The van der Waals surface area contributed by atoms with E-state index in [1.807, 2.05) is 6.92 Å². The molecule has 0 aromatic carbocycles. The summed E-state index contributed by atoms with van der Waals surface area (Å²) >= 11 is 0. The summed E-state index contributed by atoms with van der Waals surface area (Å²) in [7, 11) is 0. The maximum atomic E-state index is 12.7. The molecule has 0 aliphatic heterocycles. The van der Waals surface area contributed by atoms with E-state index in [4.69, 9.17) is 10.8 Å². The Hall–Kier alpha value is -2.69. The number of carboxylic acid groups (broad SMARTS) is 2. The predicted octanol–water partition coefficient (Wildman–Crippen LogP) is -0.560. The van der Waals surface area contributed by atoms with Crippen LogP contribution in [0.5, 0.6) is 0 Å². The Kier molecular flexibility index (Phi) is 11.6. The first-order chi connectivity index (χ1) is 13.8. The Morgan fingerprint density at radius 2 is 1.37 bits per heavy atom. The minimum atomic E-state index is -1.18. The predicted molar refractivity (Wildman–Crippen MR) is 108 cm³/mol. The minimum absolute atomic E-state index is 0.0827. The highest BCUT2D eigenvalue weighted by molar-refractivity contribution is 5.94. The van der Waals surface area contributed by atoms with Crippen molar-refractivity contribution in [2.75, 3.05) is 0 Å². The van der Waals surface area contributed by atoms with Crippen LogP contribution < -0.4 is 21.7 Å². The molecular weight excluding hydrogens is 396 g/mol. The van der Waals surface area contributed by atoms with E-state index in [0.717, 1.165) is 0 Å². The van der Waals surface area contributed by atoms with Gasteiger partial charge in [-0.3, -0.25) is 19.2 Å². The highest BCUT2D eigenvalue weighted by Crippen LogP contribution is 2.10. The van der Waals surface area contributed by atoms with Crippen LogP contribution in [0.3, 0.4) is 0 Å². The topological polar surface area (TPSA) is 188 Å². The smallest absolute Gasteiger partial charge is 0.326 e. The summed E-state index contributed by atoms with van der Waals surface area (Å²) in [5.41, 5.74) is 5.69. The van der Waals surface area contributed by atoms with Crippen molar-refractivity contribution in [3.8, 4) is 0 Å². The average Bonchev–Trinajstić information content (AvgIpc) is 2.66. The molecule has 0 aromatic rings. The fraction of sp³-hybridized carbons (Fsp3) is 0.737. The number of rotatable bonds is 13. The van der Waals surface area contributed by atoms with E-state index in [2.05, 4.69) is 16.0 Å². The summed E-state index contributed by atoms with van der Waals surface area (Å²) in [6.07, 6.45) is 0.172. The first kappa shape index (κ1) is 27.3. The minimum Gasteiger partial charge on any atom is -0.481 e. The van der Waals surface area contributed by atoms with E-state index < -0.39 is 53.8 Å². The molecule has 0 aliphatic carbocycles. The number of hydrogen-bond acceptors (Lipinski definition) is 6. The molecule has 0 bridgehead atoms. The molecule has 0 aromatic heterocycles. The van der Waals surface area contributed by atoms with E-state index in [1.165, 1.54) is 6.92 Å². The number of amides is 3. The van der Waals surface area contributed by atoms with Gasteiger partial charge in [0.1, 0.15) is 18.1 Å². The van der Waals surface area contributed by atoms with Crippen molar-refractivity contribution in [1.29, 1.82) is 0 Å². The molecule has 7 N–H and O–H groups in total. The number of aliphatic carboxylic acids is 2. The second-order valence-corrected chi connectivity index (χ2v) is 7.71. The standard InChI is InChI=1S/C19H34N4O7/c1-6-10(4)15(23-17(27)12(20)7-8-13(24)25)18(28)21-11(5)16(26)22-14(9(2)3)19(29)30/h9-12,14-15H,6-8,20H2,1-5H3,(H,21,28)(H,22,26)(H,23,27)(H,24,25)(H,29,30). The second-order valence-electron chi connectivity index (χ2n) is 7.71. The quantitative estimate of drug-likeness (QED) is 0.224. The van der Waals surface area contributed by atoms with Crippen LogP contribution in [0, 0.1) is 11.8 Å². The molecule has 5 unspecified atom stereocenters. The molecule has 0 radical (unpaired) electrons. The molecule has 30 heavy (non-hydrogen) atoms. The van der Waals surface area contributed by atoms with Gasteiger partial charge in [-0.15, -0.1) is 0 Å². The molecule has 0 saturated heterocycles. The van der Waals surface area contributed by atoms with Crippen LogP contribution in [0.1, 0.15) is 53.9 Å². The van der Waals surface area contributed by atoms with Crippen LogP contribution >= 0.6 is 0 Å². The van der Waals surface area contributed by atoms with Gasteiger partial charge in [-0.1, -0.05) is 34.1 Å². The largest absolute Gasteiger partial charge is 0.481 e. The summed E-state index contributed by atoms with van der Waals surface area (Å²) in [6.45, 7) is 8.24. The second kappa shape index (κ2) is 12.8. The van der Waals surface area contributed by atoms with Gasteiger partial charge in [0.25, 0.3) is 0 Å². The van der Waals surface area contributed by atoms with Crippen molar-refractivity contribution in [1.82, 2.24) is 16.0 Å². The first-order valence-electron chi connectivity index (χ1n) is 9.93. The van der Waals surface area contributed by atoms with Crippen LogP contribution in [-0.2, 0) is 24.0 Å². The van der Waals surface area contributed by atoms with Crippen molar-refractivity contribution < 1.29 is 34.2 Å². The lowest BCUT2D eigenvalue weighted by Crippen LogP contribution is -2.58. The highest BCUT2D eigenvalue weighted by Gasteiger charge is 2.31. The maximum Gasteiger partial charge on any atom is 0.326 e. The molecule has 0 heterocycles. The molecule has 3 amide bonds. The van der Waals surface area contributed by atoms with Crippen LogP contribution in [0.2, 0.25) is 0 Å². The maximum absolute atomic E-state index is 12.7. The summed E-state index contributed by atoms with van der Waals surface area (Å²) < 4.78 is 0. The highest BCUT2D eigenvalue weighted by atomic mass is 16.4. The van der Waals surface area contributed by atoms with E-state index in [0.29, 0.717) is 6.42 Å². The average molecular weight is 431 g/mol. The van der Waals surface area contributed by atoms with Crippen LogP contribution in [-0.4, -0.2) is 64.0 Å². The fourth-order valence-corrected chi connectivity index (χ4v) is 2.53. The Morgan fingerprint density at radius 1 is 0.833 bits per heavy atom. The van der Waals surface area contributed by atoms with E-state index in [-0.39, 0.29) is 24.7 Å². The molecule has 5 atom stereocenters. The first-order valence-corrected chi connectivity index (χ1v) is 9.93. The van der Waals surface area contributed by atoms with Crippen molar-refractivity contribution in [3.05, 3.63) is 0 Å². The van der Waals surface area contributed by atoms with Gasteiger partial charge in [0, 0.05) is 6.42 Å². The third-order valence-corrected chi connectivity index (χ3v) is 4.78. The normalized spacial score (nSPS) is 16.0. The zero-order chi connectivity index (χ0) is 23.6. The van der Waals surface area contributed by atoms with Crippen LogP contribution in [0.25, 0.3) is 0 Å². The van der Waals surface area contributed by atoms with Crippen molar-refractivity contribution in [2.45, 2.75) is 78.0 Å². The number of nitrogens with one attached hydrogen (secondary N) is 3. The van der Waals surface area contributed by atoms with Gasteiger partial charge in [0.2, 0.25) is 17.7 Å². The third-order valence-electron chi connectivity index (χ3n) is 4.78. The van der Waals surface area contributed by atoms with Crippen LogP contribution in [0.4, 0.5) is 0 Å². The Morgan fingerprint density at radius 3 is 1.80 bits per heavy atom. The van der Waals surface area contributed by atoms with E-state index >= 15 is 0 Å². The molecule has 11 heteroatoms. The summed E-state index contributed by atoms with van der Waals surface area (Å²) in [5, 5.41) is 25.2. The van der Waals surface area contributed by atoms with Gasteiger partial charge in [0.05, 0.1) is 6.04 Å². The van der Waals surface area contributed by atoms with E-state index in [1.54, 1.807) is 20.8 Å². The molecule has 0 fully saturated rings.